The Morgan fingerprint density at radius 2 is 1.90 bits per heavy atom. The Kier molecular flexibility index (Phi) is 10.6. The van der Waals surface area contributed by atoms with Crippen LogP contribution in [0, 0.1) is 5.92 Å². The van der Waals surface area contributed by atoms with E-state index in [9.17, 15) is 14.7 Å². The summed E-state index contributed by atoms with van der Waals surface area (Å²) in [4.78, 5) is 23.8. The highest BCUT2D eigenvalue weighted by molar-refractivity contribution is 5.88. The normalized spacial score (nSPS) is 17.5. The molecule has 1 N–H and O–H groups in total. The number of aliphatic hydroxyl groups excluding tert-OH is 1. The molecule has 0 spiro atoms. The van der Waals surface area contributed by atoms with Crippen molar-refractivity contribution in [2.45, 2.75) is 83.8 Å². The molecule has 30 heavy (non-hydrogen) atoms. The zero-order valence-corrected chi connectivity index (χ0v) is 18.4. The Labute approximate surface area is 181 Å². The largest absolute Gasteiger partial charge is 0.463 e. The number of carbonyl (C=O) groups excluding carboxylic acids is 2. The SMILES string of the molecule is CC(C)OC(=O)CCC/C=C/C[C@H]1C(=O)CC=C1CC[C@H](O)CCc1ccccc1. The highest BCUT2D eigenvalue weighted by Crippen LogP contribution is 2.30. The Morgan fingerprint density at radius 1 is 1.17 bits per heavy atom. The second-order valence-electron chi connectivity index (χ2n) is 8.36. The van der Waals surface area contributed by atoms with Crippen LogP contribution in [0.2, 0.25) is 0 Å². The van der Waals surface area contributed by atoms with E-state index >= 15 is 0 Å². The molecule has 1 aromatic rings. The highest BCUT2D eigenvalue weighted by atomic mass is 16.5. The molecular formula is C26H36O4. The van der Waals surface area contributed by atoms with Gasteiger partial charge in [-0.1, -0.05) is 54.1 Å². The molecule has 0 amide bonds. The molecule has 4 heteroatoms. The van der Waals surface area contributed by atoms with Crippen LogP contribution in [0.3, 0.4) is 0 Å². The number of benzene rings is 1. The minimum atomic E-state index is -0.344. The highest BCUT2D eigenvalue weighted by Gasteiger charge is 2.26. The van der Waals surface area contributed by atoms with E-state index in [2.05, 4.69) is 24.3 Å². The van der Waals surface area contributed by atoms with Crippen LogP contribution in [-0.4, -0.2) is 29.1 Å². The molecule has 164 valence electrons. The number of aryl methyl sites for hydroxylation is 1. The number of ether oxygens (including phenoxy) is 1. The van der Waals surface area contributed by atoms with Gasteiger partial charge in [-0.2, -0.15) is 0 Å². The van der Waals surface area contributed by atoms with E-state index in [0.29, 0.717) is 25.7 Å². The number of allylic oxidation sites excluding steroid dienone is 4. The Bertz CT molecular complexity index is 718. The second kappa shape index (κ2) is 13.2. The molecule has 4 nitrogen and oxygen atoms in total. The molecule has 0 bridgehead atoms. The lowest BCUT2D eigenvalue weighted by atomic mass is 9.91. The number of ketones is 1. The third-order valence-corrected chi connectivity index (χ3v) is 5.43. The van der Waals surface area contributed by atoms with Crippen LogP contribution in [0.5, 0.6) is 0 Å². The molecule has 0 radical (unpaired) electrons. The fourth-order valence-corrected chi connectivity index (χ4v) is 3.77. The number of Topliss-reactive ketones (excluding diaryl/α,β-unsaturated/α-hetero) is 1. The van der Waals surface area contributed by atoms with Gasteiger partial charge in [0.1, 0.15) is 5.78 Å². The van der Waals surface area contributed by atoms with E-state index in [4.69, 9.17) is 4.74 Å². The maximum atomic E-state index is 12.2. The molecule has 1 aliphatic rings. The number of carbonyl (C=O) groups is 2. The summed E-state index contributed by atoms with van der Waals surface area (Å²) in [5.74, 6) is 0.0721. The van der Waals surface area contributed by atoms with Gasteiger partial charge in [-0.3, -0.25) is 9.59 Å². The number of esters is 1. The molecule has 0 saturated heterocycles. The van der Waals surface area contributed by atoms with E-state index < -0.39 is 0 Å². The standard InChI is InChI=1S/C26H36O4/c1-20(2)30-26(29)13-9-4-3-8-12-24-22(16-19-25(24)28)15-18-23(27)17-14-21-10-6-5-7-11-21/h3,5-8,10-11,16,20,23-24,27H,4,9,12-15,17-19H2,1-2H3/b8-3+/t23-,24-/m1/s1. The van der Waals surface area contributed by atoms with Crippen molar-refractivity contribution in [1.82, 2.24) is 0 Å². The van der Waals surface area contributed by atoms with E-state index in [1.165, 1.54) is 11.1 Å². The van der Waals surface area contributed by atoms with E-state index in [0.717, 1.165) is 32.1 Å². The van der Waals surface area contributed by atoms with Gasteiger partial charge in [-0.25, -0.2) is 0 Å². The lowest BCUT2D eigenvalue weighted by Crippen LogP contribution is -2.13. The van der Waals surface area contributed by atoms with E-state index in [-0.39, 0.29) is 29.9 Å². The van der Waals surface area contributed by atoms with E-state index in [1.807, 2.05) is 38.1 Å². The Hall–Kier alpha value is -2.20. The van der Waals surface area contributed by atoms with Gasteiger partial charge in [-0.15, -0.1) is 0 Å². The van der Waals surface area contributed by atoms with Crippen molar-refractivity contribution in [1.29, 1.82) is 0 Å². The number of aliphatic hydroxyl groups is 1. The fourth-order valence-electron chi connectivity index (χ4n) is 3.77. The number of rotatable bonds is 13. The van der Waals surface area contributed by atoms with Gasteiger partial charge < -0.3 is 9.84 Å². The van der Waals surface area contributed by atoms with Crippen molar-refractivity contribution in [2.24, 2.45) is 5.92 Å². The Morgan fingerprint density at radius 3 is 2.63 bits per heavy atom. The summed E-state index contributed by atoms with van der Waals surface area (Å²) in [7, 11) is 0. The molecule has 0 aromatic heterocycles. The molecule has 0 unspecified atom stereocenters. The fraction of sp³-hybridized carbons (Fsp3) is 0.538. The predicted octanol–water partition coefficient (Wildman–Crippen LogP) is 5.34. The smallest absolute Gasteiger partial charge is 0.306 e. The average molecular weight is 413 g/mol. The maximum absolute atomic E-state index is 12.2. The van der Waals surface area contributed by atoms with E-state index in [1.54, 1.807) is 0 Å². The van der Waals surface area contributed by atoms with Crippen LogP contribution >= 0.6 is 0 Å². The summed E-state index contributed by atoms with van der Waals surface area (Å²) in [5, 5.41) is 10.3. The van der Waals surface area contributed by atoms with Gasteiger partial charge in [0.05, 0.1) is 12.2 Å². The monoisotopic (exact) mass is 412 g/mol. The van der Waals surface area contributed by atoms with Crippen molar-refractivity contribution in [3.8, 4) is 0 Å². The van der Waals surface area contributed by atoms with Crippen LogP contribution in [0.1, 0.15) is 70.8 Å². The van der Waals surface area contributed by atoms with Gasteiger partial charge in [0.25, 0.3) is 0 Å². The summed E-state index contributed by atoms with van der Waals surface area (Å²) in [6, 6.07) is 10.2. The van der Waals surface area contributed by atoms with Crippen LogP contribution in [0.4, 0.5) is 0 Å². The lowest BCUT2D eigenvalue weighted by molar-refractivity contribution is -0.147. The summed E-state index contributed by atoms with van der Waals surface area (Å²) in [6.07, 6.45) is 12.1. The van der Waals surface area contributed by atoms with Crippen molar-refractivity contribution < 1.29 is 19.4 Å². The number of unbranched alkanes of at least 4 members (excludes halogenated alkanes) is 1. The molecular weight excluding hydrogens is 376 g/mol. The first-order chi connectivity index (χ1) is 14.5. The van der Waals surface area contributed by atoms with Crippen LogP contribution in [0.25, 0.3) is 0 Å². The van der Waals surface area contributed by atoms with Crippen LogP contribution in [0.15, 0.2) is 54.1 Å². The van der Waals surface area contributed by atoms with Gasteiger partial charge in [0.15, 0.2) is 0 Å². The quantitative estimate of drug-likeness (QED) is 0.270. The second-order valence-corrected chi connectivity index (χ2v) is 8.36. The number of hydrogen-bond acceptors (Lipinski definition) is 4. The molecule has 2 atom stereocenters. The zero-order chi connectivity index (χ0) is 21.8. The van der Waals surface area contributed by atoms with Crippen LogP contribution < -0.4 is 0 Å². The topological polar surface area (TPSA) is 63.6 Å². The molecule has 0 saturated carbocycles. The third kappa shape index (κ3) is 9.08. The Balaban J connectivity index is 1.66. The molecule has 0 heterocycles. The minimum absolute atomic E-state index is 0.0477. The van der Waals surface area contributed by atoms with Crippen molar-refractivity contribution in [3.63, 3.8) is 0 Å². The van der Waals surface area contributed by atoms with Gasteiger partial charge in [0.2, 0.25) is 0 Å². The van der Waals surface area contributed by atoms with Crippen molar-refractivity contribution >= 4 is 11.8 Å². The zero-order valence-electron chi connectivity index (χ0n) is 18.4. The first kappa shape index (κ1) is 24.1. The third-order valence-electron chi connectivity index (χ3n) is 5.43. The average Bonchev–Trinajstić information content (AvgIpc) is 3.07. The summed E-state index contributed by atoms with van der Waals surface area (Å²) in [5.41, 5.74) is 2.41. The van der Waals surface area contributed by atoms with Crippen LogP contribution in [-0.2, 0) is 20.7 Å². The van der Waals surface area contributed by atoms with Crippen molar-refractivity contribution in [3.05, 3.63) is 59.7 Å². The summed E-state index contributed by atoms with van der Waals surface area (Å²) >= 11 is 0. The summed E-state index contributed by atoms with van der Waals surface area (Å²) in [6.45, 7) is 3.70. The number of hydrogen-bond donors (Lipinski definition) is 1. The first-order valence-corrected chi connectivity index (χ1v) is 11.2. The first-order valence-electron chi connectivity index (χ1n) is 11.2. The molecule has 1 aliphatic carbocycles. The predicted molar refractivity (Wildman–Crippen MR) is 120 cm³/mol. The summed E-state index contributed by atoms with van der Waals surface area (Å²) < 4.78 is 5.12. The van der Waals surface area contributed by atoms with Gasteiger partial charge in [-0.05, 0) is 64.4 Å². The lowest BCUT2D eigenvalue weighted by Gasteiger charge is -2.15. The maximum Gasteiger partial charge on any atom is 0.306 e. The minimum Gasteiger partial charge on any atom is -0.463 e. The molecule has 1 aromatic carbocycles. The molecule has 0 aliphatic heterocycles. The molecule has 2 rings (SSSR count). The molecule has 0 fully saturated rings. The van der Waals surface area contributed by atoms with Crippen molar-refractivity contribution in [2.75, 3.05) is 0 Å². The van der Waals surface area contributed by atoms with Gasteiger partial charge in [0, 0.05) is 18.8 Å². The van der Waals surface area contributed by atoms with Gasteiger partial charge >= 0.3 is 5.97 Å².